The molecule has 1 aliphatic heterocycles. The number of rotatable bonds is 6. The van der Waals surface area contributed by atoms with E-state index in [1.165, 1.54) is 0 Å². The first-order chi connectivity index (χ1) is 11.0. The van der Waals surface area contributed by atoms with Gasteiger partial charge in [0.2, 0.25) is 5.91 Å². The van der Waals surface area contributed by atoms with Gasteiger partial charge >= 0.3 is 5.97 Å². The van der Waals surface area contributed by atoms with Crippen molar-refractivity contribution in [3.8, 4) is 0 Å². The molecule has 8 heteroatoms. The normalized spacial score (nSPS) is 21.0. The molecule has 23 heavy (non-hydrogen) atoms. The van der Waals surface area contributed by atoms with E-state index in [4.69, 9.17) is 37.8 Å². The van der Waals surface area contributed by atoms with Crippen LogP contribution in [-0.4, -0.2) is 48.9 Å². The van der Waals surface area contributed by atoms with Gasteiger partial charge in [0, 0.05) is 6.61 Å². The lowest BCUT2D eigenvalue weighted by molar-refractivity contribution is -0.149. The van der Waals surface area contributed by atoms with Gasteiger partial charge in [-0.1, -0.05) is 29.3 Å². The third-order valence-electron chi connectivity index (χ3n) is 3.42. The third kappa shape index (κ3) is 5.66. The number of amides is 1. The number of hydrogen-bond acceptors (Lipinski definition) is 4. The van der Waals surface area contributed by atoms with Crippen LogP contribution in [0.4, 0.5) is 0 Å². The summed E-state index contributed by atoms with van der Waals surface area (Å²) in [4.78, 5) is 22.8. The van der Waals surface area contributed by atoms with Crippen LogP contribution in [0.3, 0.4) is 0 Å². The molecule has 0 saturated carbocycles. The zero-order valence-corrected chi connectivity index (χ0v) is 13.8. The molecule has 2 N–H and O–H groups in total. The molecule has 1 aromatic rings. The average molecular weight is 362 g/mol. The van der Waals surface area contributed by atoms with Crippen LogP contribution in [-0.2, 0) is 25.5 Å². The Labute approximate surface area is 143 Å². The molecule has 1 aromatic carbocycles. The molecule has 2 rings (SSSR count). The highest BCUT2D eigenvalue weighted by molar-refractivity contribution is 6.42. The third-order valence-corrected chi connectivity index (χ3v) is 4.16. The Balaban J connectivity index is 1.91. The Morgan fingerprint density at radius 1 is 1.35 bits per heavy atom. The lowest BCUT2D eigenvalue weighted by Gasteiger charge is -2.31. The summed E-state index contributed by atoms with van der Waals surface area (Å²) in [6, 6.07) is 4.74. The van der Waals surface area contributed by atoms with Crippen LogP contribution in [0.1, 0.15) is 12.0 Å². The Kier molecular flexibility index (Phi) is 6.65. The van der Waals surface area contributed by atoms with Crippen molar-refractivity contribution in [2.24, 2.45) is 0 Å². The largest absolute Gasteiger partial charge is 0.480 e. The molecule has 2 atom stereocenters. The van der Waals surface area contributed by atoms with E-state index < -0.39 is 18.7 Å². The Hall–Kier alpha value is -1.34. The highest BCUT2D eigenvalue weighted by atomic mass is 35.5. The van der Waals surface area contributed by atoms with E-state index in [0.717, 1.165) is 5.56 Å². The summed E-state index contributed by atoms with van der Waals surface area (Å²) in [5, 5.41) is 12.4. The molecule has 1 amide bonds. The zero-order chi connectivity index (χ0) is 16.8. The molecule has 0 spiro atoms. The minimum Gasteiger partial charge on any atom is -0.480 e. The molecule has 1 heterocycles. The van der Waals surface area contributed by atoms with Crippen molar-refractivity contribution < 1.29 is 24.2 Å². The fourth-order valence-electron chi connectivity index (χ4n) is 2.31. The number of hydrogen-bond donors (Lipinski definition) is 2. The molecule has 0 radical (unpaired) electrons. The first-order valence-electron chi connectivity index (χ1n) is 7.10. The van der Waals surface area contributed by atoms with Crippen LogP contribution in [0.2, 0.25) is 10.0 Å². The van der Waals surface area contributed by atoms with Crippen molar-refractivity contribution in [1.82, 2.24) is 5.32 Å². The Morgan fingerprint density at radius 2 is 2.13 bits per heavy atom. The van der Waals surface area contributed by atoms with Crippen LogP contribution >= 0.6 is 23.2 Å². The molecule has 1 fully saturated rings. The van der Waals surface area contributed by atoms with Crippen LogP contribution < -0.4 is 5.32 Å². The van der Waals surface area contributed by atoms with Gasteiger partial charge in [-0.15, -0.1) is 0 Å². The first kappa shape index (κ1) is 18.0. The number of ether oxygens (including phenoxy) is 2. The molecule has 126 valence electrons. The van der Waals surface area contributed by atoms with Crippen LogP contribution in [0.5, 0.6) is 0 Å². The van der Waals surface area contributed by atoms with Crippen molar-refractivity contribution >= 4 is 35.1 Å². The van der Waals surface area contributed by atoms with Crippen molar-refractivity contribution in [3.63, 3.8) is 0 Å². The van der Waals surface area contributed by atoms with Gasteiger partial charge in [0.1, 0.15) is 12.7 Å². The van der Waals surface area contributed by atoms with E-state index in [2.05, 4.69) is 5.32 Å². The number of halogens is 2. The van der Waals surface area contributed by atoms with Gasteiger partial charge < -0.3 is 19.9 Å². The molecule has 1 saturated heterocycles. The predicted octanol–water partition coefficient (Wildman–Crippen LogP) is 1.91. The molecule has 1 aliphatic rings. The van der Waals surface area contributed by atoms with Gasteiger partial charge in [-0.3, -0.25) is 4.79 Å². The van der Waals surface area contributed by atoms with Gasteiger partial charge in [-0.05, 0) is 24.1 Å². The van der Waals surface area contributed by atoms with Crippen LogP contribution in [0.25, 0.3) is 0 Å². The van der Waals surface area contributed by atoms with Gasteiger partial charge in [0.25, 0.3) is 0 Å². The molecule has 6 nitrogen and oxygen atoms in total. The first-order valence-corrected chi connectivity index (χ1v) is 7.85. The van der Waals surface area contributed by atoms with Crippen LogP contribution in [0, 0.1) is 0 Å². The Bertz CT molecular complexity index is 581. The van der Waals surface area contributed by atoms with Crippen molar-refractivity contribution in [1.29, 1.82) is 0 Å². The standard InChI is InChI=1S/C15H17Cl2NO5/c16-10-2-1-9(5-11(10)17)6-14(19)18-12-3-4-22-7-13(12)23-8-15(20)21/h1-2,5,12-13H,3-4,6-8H2,(H,18,19)(H,20,21)/t12-,13-/m1/s1. The monoisotopic (exact) mass is 361 g/mol. The maximum Gasteiger partial charge on any atom is 0.329 e. The van der Waals surface area contributed by atoms with E-state index >= 15 is 0 Å². The lowest BCUT2D eigenvalue weighted by Crippen LogP contribution is -2.50. The van der Waals surface area contributed by atoms with E-state index in [-0.39, 0.29) is 25.0 Å². The number of aliphatic carboxylic acids is 1. The maximum atomic E-state index is 12.2. The number of carbonyl (C=O) groups is 2. The van der Waals surface area contributed by atoms with Gasteiger partial charge in [-0.2, -0.15) is 0 Å². The highest BCUT2D eigenvalue weighted by Gasteiger charge is 2.28. The van der Waals surface area contributed by atoms with E-state index in [0.29, 0.717) is 23.1 Å². The number of carboxylic acids is 1. The van der Waals surface area contributed by atoms with Crippen molar-refractivity contribution in [2.75, 3.05) is 19.8 Å². The second kappa shape index (κ2) is 8.49. The highest BCUT2D eigenvalue weighted by Crippen LogP contribution is 2.22. The number of nitrogens with one attached hydrogen (secondary N) is 1. The fraction of sp³-hybridized carbons (Fsp3) is 0.467. The van der Waals surface area contributed by atoms with Crippen LogP contribution in [0.15, 0.2) is 18.2 Å². The zero-order valence-electron chi connectivity index (χ0n) is 12.3. The molecular weight excluding hydrogens is 345 g/mol. The molecular formula is C15H17Cl2NO5. The van der Waals surface area contributed by atoms with Gasteiger partial charge in [0.15, 0.2) is 0 Å². The minimum atomic E-state index is -1.06. The summed E-state index contributed by atoms with van der Waals surface area (Å²) in [5.74, 6) is -1.25. The second-order valence-corrected chi connectivity index (χ2v) is 6.02. The number of benzene rings is 1. The average Bonchev–Trinajstić information content (AvgIpc) is 2.50. The predicted molar refractivity (Wildman–Crippen MR) is 84.9 cm³/mol. The van der Waals surface area contributed by atoms with E-state index in [9.17, 15) is 9.59 Å². The summed E-state index contributed by atoms with van der Waals surface area (Å²) in [5.41, 5.74) is 0.743. The maximum absolute atomic E-state index is 12.2. The van der Waals surface area contributed by atoms with Crippen molar-refractivity contribution in [3.05, 3.63) is 33.8 Å². The number of carbonyl (C=O) groups excluding carboxylic acids is 1. The summed E-state index contributed by atoms with van der Waals surface area (Å²) in [6.07, 6.45) is 0.245. The Morgan fingerprint density at radius 3 is 2.83 bits per heavy atom. The van der Waals surface area contributed by atoms with Crippen molar-refractivity contribution in [2.45, 2.75) is 25.0 Å². The number of carboxylic acid groups (broad SMARTS) is 1. The van der Waals surface area contributed by atoms with Gasteiger partial charge in [0.05, 0.1) is 29.1 Å². The molecule has 0 bridgehead atoms. The SMILES string of the molecule is O=C(O)CO[C@@H]1COCC[C@H]1NC(=O)Cc1ccc(Cl)c(Cl)c1. The second-order valence-electron chi connectivity index (χ2n) is 5.21. The van der Waals surface area contributed by atoms with E-state index in [1.54, 1.807) is 18.2 Å². The summed E-state index contributed by atoms with van der Waals surface area (Å²) in [7, 11) is 0. The fourth-order valence-corrected chi connectivity index (χ4v) is 2.63. The molecule has 0 aromatic heterocycles. The molecule has 0 unspecified atom stereocenters. The quantitative estimate of drug-likeness (QED) is 0.808. The summed E-state index contributed by atoms with van der Waals surface area (Å²) < 4.78 is 10.5. The summed E-state index contributed by atoms with van der Waals surface area (Å²) in [6.45, 7) is 0.322. The molecule has 0 aliphatic carbocycles. The summed E-state index contributed by atoms with van der Waals surface area (Å²) >= 11 is 11.8. The lowest BCUT2D eigenvalue weighted by atomic mass is 10.0. The van der Waals surface area contributed by atoms with Gasteiger partial charge in [-0.25, -0.2) is 4.79 Å². The van der Waals surface area contributed by atoms with E-state index in [1.807, 2.05) is 0 Å². The smallest absolute Gasteiger partial charge is 0.329 e. The minimum absolute atomic E-state index is 0.153. The topological polar surface area (TPSA) is 84.9 Å².